The normalized spacial score (nSPS) is 15.3. The summed E-state index contributed by atoms with van der Waals surface area (Å²) in [5.41, 5.74) is 12.0. The number of fused-ring (bicyclic) bond motifs is 3. The fourth-order valence-electron chi connectivity index (χ4n) is 5.22. The van der Waals surface area contributed by atoms with Gasteiger partial charge in [0.1, 0.15) is 24.4 Å². The zero-order valence-corrected chi connectivity index (χ0v) is 19.9. The molecule has 3 heterocycles. The highest BCUT2D eigenvalue weighted by atomic mass is 19.1. The number of benzene rings is 2. The van der Waals surface area contributed by atoms with E-state index in [9.17, 15) is 4.39 Å². The van der Waals surface area contributed by atoms with Gasteiger partial charge in [0.05, 0.1) is 11.1 Å². The fraction of sp³-hybridized carbons (Fsp3) is 0.250. The SMILES string of the molecule is C=CCOc1cc2[nH]c(-c3nn(CCC4CCc5ccccc5C4)c4ncnc(N)c34)cc2cc1F. The Morgan fingerprint density at radius 2 is 2.06 bits per heavy atom. The van der Waals surface area contributed by atoms with E-state index in [1.165, 1.54) is 29.9 Å². The monoisotopic (exact) mass is 482 g/mol. The molecule has 6 rings (SSSR count). The number of rotatable bonds is 7. The van der Waals surface area contributed by atoms with Crippen molar-refractivity contribution in [2.75, 3.05) is 12.3 Å². The third kappa shape index (κ3) is 3.98. The summed E-state index contributed by atoms with van der Waals surface area (Å²) in [4.78, 5) is 12.1. The number of nitrogens with one attached hydrogen (secondary N) is 1. The molecule has 7 nitrogen and oxygen atoms in total. The summed E-state index contributed by atoms with van der Waals surface area (Å²) < 4.78 is 21.9. The highest BCUT2D eigenvalue weighted by Gasteiger charge is 2.22. The molecule has 0 bridgehead atoms. The fourth-order valence-corrected chi connectivity index (χ4v) is 5.22. The first-order chi connectivity index (χ1) is 17.6. The minimum Gasteiger partial charge on any atom is -0.486 e. The lowest BCUT2D eigenvalue weighted by Gasteiger charge is -2.24. The van der Waals surface area contributed by atoms with Gasteiger partial charge in [-0.05, 0) is 54.9 Å². The summed E-state index contributed by atoms with van der Waals surface area (Å²) in [6.07, 6.45) is 7.42. The number of aromatic nitrogens is 5. The smallest absolute Gasteiger partial charge is 0.165 e. The Hall–Kier alpha value is -4.20. The topological polar surface area (TPSA) is 94.6 Å². The first kappa shape index (κ1) is 22.3. The number of halogens is 1. The second-order valence-electron chi connectivity index (χ2n) is 9.35. The molecule has 2 aromatic carbocycles. The van der Waals surface area contributed by atoms with Crippen molar-refractivity contribution in [1.29, 1.82) is 0 Å². The van der Waals surface area contributed by atoms with E-state index >= 15 is 0 Å². The Balaban J connectivity index is 1.32. The number of H-pyrrole nitrogens is 1. The van der Waals surface area contributed by atoms with E-state index in [0.717, 1.165) is 37.0 Å². The van der Waals surface area contributed by atoms with E-state index in [-0.39, 0.29) is 12.4 Å². The first-order valence-corrected chi connectivity index (χ1v) is 12.2. The molecular formula is C28H27FN6O. The number of anilines is 1. The van der Waals surface area contributed by atoms with Crippen LogP contribution in [0.5, 0.6) is 5.75 Å². The Morgan fingerprint density at radius 1 is 1.19 bits per heavy atom. The third-order valence-electron chi connectivity index (χ3n) is 7.04. The Labute approximate surface area is 207 Å². The van der Waals surface area contributed by atoms with Crippen LogP contribution in [0.1, 0.15) is 24.0 Å². The molecule has 3 N–H and O–H groups in total. The van der Waals surface area contributed by atoms with E-state index in [2.05, 4.69) is 45.8 Å². The molecule has 1 aliphatic carbocycles. The van der Waals surface area contributed by atoms with Crippen LogP contribution in [0.3, 0.4) is 0 Å². The first-order valence-electron chi connectivity index (χ1n) is 12.2. The summed E-state index contributed by atoms with van der Waals surface area (Å²) in [6, 6.07) is 13.7. The molecular weight excluding hydrogens is 455 g/mol. The number of nitrogen functional groups attached to an aromatic ring is 1. The quantitative estimate of drug-likeness (QED) is 0.301. The van der Waals surface area contributed by atoms with Crippen LogP contribution in [0.2, 0.25) is 0 Å². The number of aryl methyl sites for hydroxylation is 2. The van der Waals surface area contributed by atoms with Gasteiger partial charge in [0.25, 0.3) is 0 Å². The molecule has 5 aromatic rings. The second kappa shape index (κ2) is 9.11. The molecule has 0 saturated heterocycles. The van der Waals surface area contributed by atoms with E-state index in [4.69, 9.17) is 15.6 Å². The lowest BCUT2D eigenvalue weighted by molar-refractivity contribution is 0.342. The van der Waals surface area contributed by atoms with Gasteiger partial charge < -0.3 is 15.5 Å². The van der Waals surface area contributed by atoms with Gasteiger partial charge in [-0.3, -0.25) is 0 Å². The number of nitrogens with zero attached hydrogens (tertiary/aromatic N) is 4. The van der Waals surface area contributed by atoms with E-state index < -0.39 is 5.82 Å². The maximum atomic E-state index is 14.5. The average Bonchev–Trinajstić information content (AvgIpc) is 3.47. The van der Waals surface area contributed by atoms with Crippen LogP contribution in [0.25, 0.3) is 33.3 Å². The third-order valence-corrected chi connectivity index (χ3v) is 7.04. The molecule has 1 atom stereocenters. The summed E-state index contributed by atoms with van der Waals surface area (Å²) >= 11 is 0. The molecule has 1 unspecified atom stereocenters. The number of hydrogen-bond donors (Lipinski definition) is 2. The molecule has 0 fully saturated rings. The highest BCUT2D eigenvalue weighted by molar-refractivity contribution is 6.00. The minimum absolute atomic E-state index is 0.170. The zero-order valence-electron chi connectivity index (χ0n) is 19.9. The van der Waals surface area contributed by atoms with Crippen molar-refractivity contribution >= 4 is 27.8 Å². The van der Waals surface area contributed by atoms with Gasteiger partial charge in [-0.15, -0.1) is 0 Å². The van der Waals surface area contributed by atoms with Crippen molar-refractivity contribution in [3.05, 3.63) is 78.4 Å². The van der Waals surface area contributed by atoms with Gasteiger partial charge in [0.15, 0.2) is 17.2 Å². The van der Waals surface area contributed by atoms with Gasteiger partial charge in [-0.1, -0.05) is 36.9 Å². The van der Waals surface area contributed by atoms with Crippen molar-refractivity contribution in [2.24, 2.45) is 5.92 Å². The predicted octanol–water partition coefficient (Wildman–Crippen LogP) is 5.46. The Bertz CT molecular complexity index is 1590. The zero-order chi connectivity index (χ0) is 24.6. The maximum Gasteiger partial charge on any atom is 0.165 e. The van der Waals surface area contributed by atoms with Crippen LogP contribution in [0.15, 0.2) is 61.4 Å². The van der Waals surface area contributed by atoms with Crippen molar-refractivity contribution in [1.82, 2.24) is 24.7 Å². The molecule has 1 aliphatic rings. The van der Waals surface area contributed by atoms with Crippen LogP contribution >= 0.6 is 0 Å². The van der Waals surface area contributed by atoms with Gasteiger partial charge in [-0.25, -0.2) is 19.0 Å². The molecule has 0 aliphatic heterocycles. The van der Waals surface area contributed by atoms with Gasteiger partial charge in [0, 0.05) is 23.5 Å². The minimum atomic E-state index is -0.429. The Morgan fingerprint density at radius 3 is 2.92 bits per heavy atom. The van der Waals surface area contributed by atoms with Crippen LogP contribution in [-0.2, 0) is 19.4 Å². The van der Waals surface area contributed by atoms with E-state index in [1.807, 2.05) is 10.7 Å². The molecule has 3 aromatic heterocycles. The van der Waals surface area contributed by atoms with Gasteiger partial charge in [-0.2, -0.15) is 5.10 Å². The molecule has 36 heavy (non-hydrogen) atoms. The van der Waals surface area contributed by atoms with Crippen molar-refractivity contribution in [3.63, 3.8) is 0 Å². The second-order valence-corrected chi connectivity index (χ2v) is 9.35. The maximum absolute atomic E-state index is 14.5. The Kier molecular flexibility index (Phi) is 5.64. The largest absolute Gasteiger partial charge is 0.486 e. The number of ether oxygens (including phenoxy) is 1. The summed E-state index contributed by atoms with van der Waals surface area (Å²) in [7, 11) is 0. The predicted molar refractivity (Wildman–Crippen MR) is 139 cm³/mol. The van der Waals surface area contributed by atoms with E-state index in [1.54, 1.807) is 12.1 Å². The van der Waals surface area contributed by atoms with Crippen molar-refractivity contribution in [3.8, 4) is 17.1 Å². The molecule has 0 spiro atoms. The molecule has 0 radical (unpaired) electrons. The summed E-state index contributed by atoms with van der Waals surface area (Å²) in [5, 5.41) is 6.31. The van der Waals surface area contributed by atoms with Crippen LogP contribution in [0, 0.1) is 11.7 Å². The van der Waals surface area contributed by atoms with Crippen molar-refractivity contribution < 1.29 is 9.13 Å². The average molecular weight is 483 g/mol. The number of aromatic amines is 1. The van der Waals surface area contributed by atoms with Crippen molar-refractivity contribution in [2.45, 2.75) is 32.2 Å². The molecule has 8 heteroatoms. The number of hydrogen-bond acceptors (Lipinski definition) is 5. The summed E-state index contributed by atoms with van der Waals surface area (Å²) in [6.45, 7) is 4.57. The van der Waals surface area contributed by atoms with E-state index in [0.29, 0.717) is 33.8 Å². The molecule has 0 saturated carbocycles. The molecule has 182 valence electrons. The van der Waals surface area contributed by atoms with Crippen LogP contribution < -0.4 is 10.5 Å². The lowest BCUT2D eigenvalue weighted by atomic mass is 9.82. The van der Waals surface area contributed by atoms with Crippen LogP contribution in [0.4, 0.5) is 10.2 Å². The van der Waals surface area contributed by atoms with Crippen LogP contribution in [-0.4, -0.2) is 31.3 Å². The lowest BCUT2D eigenvalue weighted by Crippen LogP contribution is -2.16. The number of nitrogens with two attached hydrogens (primary N) is 1. The van der Waals surface area contributed by atoms with Gasteiger partial charge >= 0.3 is 0 Å². The highest BCUT2D eigenvalue weighted by Crippen LogP contribution is 2.34. The standard InChI is InChI=1S/C28H27FN6O/c1-2-11-36-24-15-22-20(13-21(24)29)14-23(33-22)26-25-27(30)31-16-32-28(25)35(34-26)10-9-17-7-8-18-5-3-4-6-19(18)12-17/h2-6,13-17,33H,1,7-12H2,(H2,30,31,32). The van der Waals surface area contributed by atoms with Gasteiger partial charge in [0.2, 0.25) is 0 Å². The molecule has 0 amide bonds. The summed E-state index contributed by atoms with van der Waals surface area (Å²) in [5.74, 6) is 0.699.